The van der Waals surface area contributed by atoms with Crippen LogP contribution >= 0.6 is 0 Å². The fourth-order valence-corrected chi connectivity index (χ4v) is 2.20. The summed E-state index contributed by atoms with van der Waals surface area (Å²) in [6, 6.07) is 0. The smallest absolute Gasteiger partial charge is 0.293 e. The Labute approximate surface area is 105 Å². The molecule has 2 heterocycles. The number of piperidine rings is 1. The van der Waals surface area contributed by atoms with Crippen LogP contribution in [0.1, 0.15) is 35.7 Å². The van der Waals surface area contributed by atoms with E-state index in [1.165, 1.54) is 0 Å². The van der Waals surface area contributed by atoms with Crippen molar-refractivity contribution in [3.05, 3.63) is 11.6 Å². The normalized spacial score (nSPS) is 16.8. The Kier molecular flexibility index (Phi) is 3.59. The highest BCUT2D eigenvalue weighted by Crippen LogP contribution is 2.20. The number of nitrogens with two attached hydrogens (primary N) is 1. The molecule has 0 saturated carbocycles. The van der Waals surface area contributed by atoms with Crippen molar-refractivity contribution in [1.82, 2.24) is 20.1 Å². The van der Waals surface area contributed by atoms with Gasteiger partial charge >= 0.3 is 0 Å². The maximum atomic E-state index is 12.0. The van der Waals surface area contributed by atoms with Crippen LogP contribution in [-0.4, -0.2) is 45.0 Å². The molecule has 1 aromatic heterocycles. The molecule has 0 spiro atoms. The van der Waals surface area contributed by atoms with Gasteiger partial charge in [-0.25, -0.2) is 4.98 Å². The predicted octanol–water partition coefficient (Wildman–Crippen LogP) is -0.159. The third-order valence-corrected chi connectivity index (χ3v) is 3.18. The first-order valence-corrected chi connectivity index (χ1v) is 6.03. The highest BCUT2D eigenvalue weighted by Gasteiger charge is 2.26. The molecule has 7 heteroatoms. The predicted molar refractivity (Wildman–Crippen MR) is 63.6 cm³/mol. The molecule has 1 aromatic rings. The van der Waals surface area contributed by atoms with Crippen molar-refractivity contribution in [2.45, 2.75) is 26.2 Å². The minimum Gasteiger partial charge on any atom is -0.370 e. The zero-order valence-corrected chi connectivity index (χ0v) is 10.3. The molecule has 0 radical (unpaired) electrons. The molecule has 98 valence electrons. The van der Waals surface area contributed by atoms with Crippen LogP contribution in [0.3, 0.4) is 0 Å². The third kappa shape index (κ3) is 2.85. The Bertz CT molecular complexity index is 448. The lowest BCUT2D eigenvalue weighted by Gasteiger charge is -2.30. The van der Waals surface area contributed by atoms with Crippen molar-refractivity contribution in [2.24, 2.45) is 11.7 Å². The molecule has 1 aliphatic rings. The molecule has 2 amide bonds. The fraction of sp³-hybridized carbons (Fsp3) is 0.636. The number of H-pyrrole nitrogens is 1. The van der Waals surface area contributed by atoms with Gasteiger partial charge in [-0.05, 0) is 25.7 Å². The highest BCUT2D eigenvalue weighted by molar-refractivity contribution is 5.90. The van der Waals surface area contributed by atoms with Crippen molar-refractivity contribution in [2.75, 3.05) is 13.1 Å². The Morgan fingerprint density at radius 3 is 2.61 bits per heavy atom. The summed E-state index contributed by atoms with van der Waals surface area (Å²) in [7, 11) is 0. The Morgan fingerprint density at radius 1 is 1.44 bits per heavy atom. The molecule has 0 aromatic carbocycles. The number of amides is 2. The summed E-state index contributed by atoms with van der Waals surface area (Å²) in [6.45, 7) is 3.01. The van der Waals surface area contributed by atoms with Gasteiger partial charge in [0.25, 0.3) is 5.91 Å². The van der Waals surface area contributed by atoms with Gasteiger partial charge in [0, 0.05) is 19.5 Å². The zero-order valence-electron chi connectivity index (χ0n) is 10.3. The maximum absolute atomic E-state index is 12.0. The van der Waals surface area contributed by atoms with Crippen LogP contribution in [0.15, 0.2) is 0 Å². The van der Waals surface area contributed by atoms with E-state index in [2.05, 4.69) is 15.2 Å². The highest BCUT2D eigenvalue weighted by atomic mass is 16.2. The van der Waals surface area contributed by atoms with Gasteiger partial charge in [-0.3, -0.25) is 14.7 Å². The lowest BCUT2D eigenvalue weighted by molar-refractivity contribution is -0.119. The van der Waals surface area contributed by atoms with Gasteiger partial charge in [-0.2, -0.15) is 0 Å². The van der Waals surface area contributed by atoms with E-state index in [0.717, 1.165) is 12.8 Å². The Balaban J connectivity index is 1.90. The Hall–Kier alpha value is -1.92. The van der Waals surface area contributed by atoms with Gasteiger partial charge in [0.15, 0.2) is 0 Å². The largest absolute Gasteiger partial charge is 0.370 e. The number of carbonyl (C=O) groups is 2. The quantitative estimate of drug-likeness (QED) is 0.778. The average molecular weight is 251 g/mol. The summed E-state index contributed by atoms with van der Waals surface area (Å²) < 4.78 is 0. The molecule has 0 unspecified atom stereocenters. The molecule has 1 saturated heterocycles. The van der Waals surface area contributed by atoms with Gasteiger partial charge in [0.2, 0.25) is 11.7 Å². The monoisotopic (exact) mass is 251 g/mol. The fourth-order valence-electron chi connectivity index (χ4n) is 2.20. The summed E-state index contributed by atoms with van der Waals surface area (Å²) in [4.78, 5) is 28.6. The molecule has 18 heavy (non-hydrogen) atoms. The summed E-state index contributed by atoms with van der Waals surface area (Å²) in [5, 5.41) is 6.51. The van der Waals surface area contributed by atoms with Crippen LogP contribution in [-0.2, 0) is 4.79 Å². The second-order valence-corrected chi connectivity index (χ2v) is 4.65. The number of aryl methyl sites for hydroxylation is 1. The summed E-state index contributed by atoms with van der Waals surface area (Å²) >= 11 is 0. The number of primary amides is 1. The number of aromatic nitrogens is 3. The van der Waals surface area contributed by atoms with E-state index in [4.69, 9.17) is 5.73 Å². The average Bonchev–Trinajstić information content (AvgIpc) is 2.75. The number of rotatable bonds is 3. The van der Waals surface area contributed by atoms with Crippen LogP contribution in [0.25, 0.3) is 0 Å². The molecule has 7 nitrogen and oxygen atoms in total. The molecule has 0 aliphatic carbocycles. The number of carbonyl (C=O) groups excluding carboxylic acids is 2. The molecule has 3 N–H and O–H groups in total. The van der Waals surface area contributed by atoms with Crippen LogP contribution < -0.4 is 5.73 Å². The molecule has 1 fully saturated rings. The summed E-state index contributed by atoms with van der Waals surface area (Å²) in [5.41, 5.74) is 5.17. The van der Waals surface area contributed by atoms with Crippen molar-refractivity contribution in [1.29, 1.82) is 0 Å². The second-order valence-electron chi connectivity index (χ2n) is 4.65. The van der Waals surface area contributed by atoms with E-state index in [0.29, 0.717) is 31.3 Å². The minimum atomic E-state index is -0.274. The minimum absolute atomic E-state index is 0.156. The first kappa shape index (κ1) is 12.5. The number of nitrogens with one attached hydrogen (secondary N) is 1. The van der Waals surface area contributed by atoms with E-state index in [9.17, 15) is 9.59 Å². The number of likely N-dealkylation sites (tertiary alicyclic amines) is 1. The first-order valence-electron chi connectivity index (χ1n) is 6.03. The summed E-state index contributed by atoms with van der Waals surface area (Å²) in [5.74, 6) is 0.699. The van der Waals surface area contributed by atoms with Crippen LogP contribution in [0.2, 0.25) is 0 Å². The number of aromatic amines is 1. The van der Waals surface area contributed by atoms with Gasteiger partial charge in [0.05, 0.1) is 0 Å². The number of hydrogen-bond donors (Lipinski definition) is 2. The van der Waals surface area contributed by atoms with E-state index in [1.807, 2.05) is 0 Å². The van der Waals surface area contributed by atoms with Gasteiger partial charge in [0.1, 0.15) is 5.82 Å². The number of hydrogen-bond acceptors (Lipinski definition) is 4. The van der Waals surface area contributed by atoms with E-state index in [-0.39, 0.29) is 17.6 Å². The maximum Gasteiger partial charge on any atom is 0.293 e. The molecule has 0 bridgehead atoms. The first-order chi connectivity index (χ1) is 8.56. The van der Waals surface area contributed by atoms with Gasteiger partial charge in [-0.1, -0.05) is 0 Å². The van der Waals surface area contributed by atoms with Crippen molar-refractivity contribution in [3.8, 4) is 0 Å². The molecular formula is C11H17N5O2. The molecule has 0 atom stereocenters. The van der Waals surface area contributed by atoms with Crippen LogP contribution in [0.4, 0.5) is 0 Å². The standard InChI is InChI=1S/C11H17N5O2/c1-7-13-10(15-14-7)11(18)16-4-2-8(3-5-16)6-9(12)17/h8H,2-6H2,1H3,(H2,12,17)(H,13,14,15). The lowest BCUT2D eigenvalue weighted by Crippen LogP contribution is -2.39. The van der Waals surface area contributed by atoms with Crippen molar-refractivity contribution < 1.29 is 9.59 Å². The van der Waals surface area contributed by atoms with Gasteiger partial charge < -0.3 is 10.6 Å². The van der Waals surface area contributed by atoms with Crippen molar-refractivity contribution in [3.63, 3.8) is 0 Å². The van der Waals surface area contributed by atoms with E-state index in [1.54, 1.807) is 11.8 Å². The lowest BCUT2D eigenvalue weighted by atomic mass is 9.93. The van der Waals surface area contributed by atoms with Crippen molar-refractivity contribution >= 4 is 11.8 Å². The number of nitrogens with zero attached hydrogens (tertiary/aromatic N) is 3. The van der Waals surface area contributed by atoms with Gasteiger partial charge in [-0.15, -0.1) is 5.10 Å². The summed E-state index contributed by atoms with van der Waals surface area (Å²) in [6.07, 6.45) is 2.01. The molecule has 1 aliphatic heterocycles. The second kappa shape index (κ2) is 5.16. The molecular weight excluding hydrogens is 234 g/mol. The van der Waals surface area contributed by atoms with Crippen LogP contribution in [0, 0.1) is 12.8 Å². The zero-order chi connectivity index (χ0) is 13.1. The van der Waals surface area contributed by atoms with E-state index >= 15 is 0 Å². The SMILES string of the molecule is Cc1nc(C(=O)N2CCC(CC(N)=O)CC2)n[nH]1. The third-order valence-electron chi connectivity index (χ3n) is 3.18. The topological polar surface area (TPSA) is 105 Å². The van der Waals surface area contributed by atoms with Crippen LogP contribution in [0.5, 0.6) is 0 Å². The molecule has 2 rings (SSSR count). The van der Waals surface area contributed by atoms with E-state index < -0.39 is 0 Å². The Morgan fingerprint density at radius 2 is 2.11 bits per heavy atom.